The molecule has 0 bridgehead atoms. The van der Waals surface area contributed by atoms with Crippen LogP contribution in [-0.2, 0) is 0 Å². The molecule has 2 aliphatic carbocycles. The van der Waals surface area contributed by atoms with Crippen LogP contribution in [0, 0.1) is 11.8 Å². The van der Waals surface area contributed by atoms with Crippen LogP contribution in [0.25, 0.3) is 0 Å². The first-order chi connectivity index (χ1) is 7.31. The molecule has 1 heterocycles. The van der Waals surface area contributed by atoms with Gasteiger partial charge in [0.1, 0.15) is 0 Å². The van der Waals surface area contributed by atoms with Crippen LogP contribution in [-0.4, -0.2) is 18.1 Å². The largest absolute Gasteiger partial charge is 0.323 e. The Labute approximate surface area is 91.6 Å². The van der Waals surface area contributed by atoms with Crippen LogP contribution in [0.1, 0.15) is 25.7 Å². The molecule has 1 saturated heterocycles. The van der Waals surface area contributed by atoms with Crippen LogP contribution in [0.5, 0.6) is 0 Å². The van der Waals surface area contributed by atoms with Crippen molar-refractivity contribution in [2.24, 2.45) is 17.6 Å². The monoisotopic (exact) mass is 204 g/mol. The molecule has 3 rings (SSSR count). The Morgan fingerprint density at radius 3 is 3.00 bits per heavy atom. The van der Waals surface area contributed by atoms with Crippen molar-refractivity contribution in [1.29, 1.82) is 0 Å². The zero-order valence-electron chi connectivity index (χ0n) is 9.15. The summed E-state index contributed by atoms with van der Waals surface area (Å²) in [7, 11) is 0. The maximum Gasteiger partial charge on any atom is 0.0379 e. The van der Waals surface area contributed by atoms with Gasteiger partial charge in [0.2, 0.25) is 0 Å². The topological polar surface area (TPSA) is 38.0 Å². The second kappa shape index (κ2) is 3.46. The van der Waals surface area contributed by atoms with Crippen molar-refractivity contribution >= 4 is 0 Å². The van der Waals surface area contributed by atoms with Crippen LogP contribution in [0.2, 0.25) is 0 Å². The van der Waals surface area contributed by atoms with Gasteiger partial charge in [0.25, 0.3) is 0 Å². The maximum absolute atomic E-state index is 6.67. The molecular weight excluding hydrogens is 184 g/mol. The Bertz CT molecular complexity index is 308. The molecule has 4 unspecified atom stereocenters. The van der Waals surface area contributed by atoms with Crippen molar-refractivity contribution in [2.75, 3.05) is 6.54 Å². The fourth-order valence-corrected chi connectivity index (χ4v) is 3.67. The second-order valence-electron chi connectivity index (χ2n) is 5.26. The van der Waals surface area contributed by atoms with Gasteiger partial charge in [-0.05, 0) is 38.1 Å². The van der Waals surface area contributed by atoms with E-state index in [2.05, 4.69) is 29.6 Å². The van der Waals surface area contributed by atoms with Crippen LogP contribution in [0.3, 0.4) is 0 Å². The van der Waals surface area contributed by atoms with E-state index in [1.807, 2.05) is 0 Å². The molecule has 15 heavy (non-hydrogen) atoms. The number of hydrogen-bond donors (Lipinski definition) is 2. The molecule has 1 saturated carbocycles. The number of piperidine rings is 1. The van der Waals surface area contributed by atoms with E-state index in [1.165, 1.54) is 25.7 Å². The number of hydrogen-bond acceptors (Lipinski definition) is 2. The molecule has 0 aromatic rings. The van der Waals surface area contributed by atoms with Gasteiger partial charge < -0.3 is 11.1 Å². The lowest BCUT2D eigenvalue weighted by molar-refractivity contribution is 0.0975. The van der Waals surface area contributed by atoms with Gasteiger partial charge in [-0.15, -0.1) is 0 Å². The molecule has 1 aliphatic heterocycles. The number of rotatable bonds is 0. The molecular formula is C13H20N2. The summed E-state index contributed by atoms with van der Waals surface area (Å²) in [5, 5.41) is 3.61. The lowest BCUT2D eigenvalue weighted by Crippen LogP contribution is -2.67. The predicted molar refractivity (Wildman–Crippen MR) is 62.4 cm³/mol. The number of nitrogens with two attached hydrogens (primary N) is 1. The molecule has 2 fully saturated rings. The highest BCUT2D eigenvalue weighted by Crippen LogP contribution is 2.43. The van der Waals surface area contributed by atoms with Crippen LogP contribution in [0.15, 0.2) is 24.3 Å². The summed E-state index contributed by atoms with van der Waals surface area (Å²) in [4.78, 5) is 0. The van der Waals surface area contributed by atoms with Crippen LogP contribution >= 0.6 is 0 Å². The molecule has 0 amide bonds. The van der Waals surface area contributed by atoms with Gasteiger partial charge in [-0.25, -0.2) is 0 Å². The van der Waals surface area contributed by atoms with E-state index in [9.17, 15) is 0 Å². The molecule has 0 spiro atoms. The minimum Gasteiger partial charge on any atom is -0.323 e. The van der Waals surface area contributed by atoms with Crippen molar-refractivity contribution in [3.63, 3.8) is 0 Å². The SMILES string of the molecule is NC12CCCNC1CCC1C=CC=CC12. The van der Waals surface area contributed by atoms with Crippen molar-refractivity contribution in [1.82, 2.24) is 5.32 Å². The van der Waals surface area contributed by atoms with E-state index in [4.69, 9.17) is 5.73 Å². The van der Waals surface area contributed by atoms with Crippen molar-refractivity contribution in [3.8, 4) is 0 Å². The van der Waals surface area contributed by atoms with Gasteiger partial charge in [-0.3, -0.25) is 0 Å². The average Bonchev–Trinajstić information content (AvgIpc) is 2.29. The molecule has 82 valence electrons. The summed E-state index contributed by atoms with van der Waals surface area (Å²) in [6.07, 6.45) is 14.0. The third-order valence-corrected chi connectivity index (χ3v) is 4.48. The van der Waals surface area contributed by atoms with Crippen molar-refractivity contribution in [3.05, 3.63) is 24.3 Å². The lowest BCUT2D eigenvalue weighted by atomic mass is 9.61. The standard InChI is InChI=1S/C13H20N2/c14-13-8-3-9-15-12(13)7-6-10-4-1-2-5-11(10)13/h1-2,4-5,10-12,15H,3,6-9,14H2. The summed E-state index contributed by atoms with van der Waals surface area (Å²) in [5.41, 5.74) is 6.69. The van der Waals surface area contributed by atoms with E-state index in [1.54, 1.807) is 0 Å². The number of fused-ring (bicyclic) bond motifs is 3. The summed E-state index contributed by atoms with van der Waals surface area (Å²) in [6.45, 7) is 1.15. The van der Waals surface area contributed by atoms with E-state index >= 15 is 0 Å². The zero-order valence-corrected chi connectivity index (χ0v) is 9.15. The van der Waals surface area contributed by atoms with Crippen molar-refractivity contribution < 1.29 is 0 Å². The van der Waals surface area contributed by atoms with Gasteiger partial charge >= 0.3 is 0 Å². The highest BCUT2D eigenvalue weighted by Gasteiger charge is 2.48. The molecule has 3 aliphatic rings. The van der Waals surface area contributed by atoms with Crippen LogP contribution < -0.4 is 11.1 Å². The summed E-state index contributed by atoms with van der Waals surface area (Å²) in [5.74, 6) is 1.25. The lowest BCUT2D eigenvalue weighted by Gasteiger charge is -2.52. The summed E-state index contributed by atoms with van der Waals surface area (Å²) < 4.78 is 0. The third kappa shape index (κ3) is 1.39. The second-order valence-corrected chi connectivity index (χ2v) is 5.26. The van der Waals surface area contributed by atoms with E-state index in [-0.39, 0.29) is 5.54 Å². The van der Waals surface area contributed by atoms with Crippen LogP contribution in [0.4, 0.5) is 0 Å². The molecule has 0 radical (unpaired) electrons. The molecule has 4 atom stereocenters. The van der Waals surface area contributed by atoms with E-state index in [0.717, 1.165) is 6.54 Å². The third-order valence-electron chi connectivity index (χ3n) is 4.48. The molecule has 2 heteroatoms. The first-order valence-electron chi connectivity index (χ1n) is 6.18. The maximum atomic E-state index is 6.67. The molecule has 0 aromatic carbocycles. The zero-order chi connectivity index (χ0) is 10.3. The minimum absolute atomic E-state index is 0.0163. The Morgan fingerprint density at radius 2 is 2.07 bits per heavy atom. The number of nitrogens with one attached hydrogen (secondary N) is 1. The Hall–Kier alpha value is -0.600. The van der Waals surface area contributed by atoms with Gasteiger partial charge in [0, 0.05) is 17.5 Å². The molecule has 0 aromatic heterocycles. The molecule has 2 nitrogen and oxygen atoms in total. The first kappa shape index (κ1) is 9.61. The predicted octanol–water partition coefficient (Wildman–Crippen LogP) is 1.59. The molecule has 3 N–H and O–H groups in total. The fourth-order valence-electron chi connectivity index (χ4n) is 3.67. The van der Waals surface area contributed by atoms with Gasteiger partial charge in [-0.2, -0.15) is 0 Å². The average molecular weight is 204 g/mol. The minimum atomic E-state index is 0.0163. The van der Waals surface area contributed by atoms with Crippen molar-refractivity contribution in [2.45, 2.75) is 37.3 Å². The highest BCUT2D eigenvalue weighted by atomic mass is 15.0. The number of allylic oxidation sites excluding steroid dienone is 3. The van der Waals surface area contributed by atoms with Gasteiger partial charge in [0.15, 0.2) is 0 Å². The normalized spacial score (nSPS) is 48.5. The Balaban J connectivity index is 1.92. The van der Waals surface area contributed by atoms with E-state index in [0.29, 0.717) is 17.9 Å². The smallest absolute Gasteiger partial charge is 0.0379 e. The highest BCUT2D eigenvalue weighted by molar-refractivity contribution is 5.23. The Kier molecular flexibility index (Phi) is 2.22. The van der Waals surface area contributed by atoms with E-state index < -0.39 is 0 Å². The summed E-state index contributed by atoms with van der Waals surface area (Å²) >= 11 is 0. The first-order valence-corrected chi connectivity index (χ1v) is 6.18. The summed E-state index contributed by atoms with van der Waals surface area (Å²) in [6, 6.07) is 0.545. The Morgan fingerprint density at radius 1 is 1.20 bits per heavy atom. The van der Waals surface area contributed by atoms with Gasteiger partial charge in [-0.1, -0.05) is 24.3 Å². The fraction of sp³-hybridized carbons (Fsp3) is 0.692. The van der Waals surface area contributed by atoms with Gasteiger partial charge in [0.05, 0.1) is 0 Å². The quantitative estimate of drug-likeness (QED) is 0.629.